The van der Waals surface area contributed by atoms with Gasteiger partial charge in [-0.3, -0.25) is 4.79 Å². The van der Waals surface area contributed by atoms with Crippen molar-refractivity contribution in [3.63, 3.8) is 0 Å². The fourth-order valence-electron chi connectivity index (χ4n) is 1.48. The molecular weight excluding hydrogens is 232 g/mol. The molecule has 0 rings (SSSR count). The number of amides is 1. The summed E-state index contributed by atoms with van der Waals surface area (Å²) < 4.78 is 0. The number of carbonyl (C=O) groups is 1. The van der Waals surface area contributed by atoms with E-state index in [0.717, 1.165) is 13.0 Å². The van der Waals surface area contributed by atoms with Crippen molar-refractivity contribution in [3.05, 3.63) is 0 Å². The number of thiocarbonyl (C=S) groups is 1. The molecule has 0 aliphatic rings. The molecule has 1 unspecified atom stereocenters. The highest BCUT2D eigenvalue weighted by molar-refractivity contribution is 7.80. The smallest absolute Gasteiger partial charge is 0.228 e. The van der Waals surface area contributed by atoms with E-state index in [1.54, 1.807) is 0 Å². The monoisotopic (exact) mass is 258 g/mol. The molecule has 100 valence electrons. The highest BCUT2D eigenvalue weighted by Gasteiger charge is 2.10. The molecule has 0 spiro atoms. The van der Waals surface area contributed by atoms with E-state index in [-0.39, 0.29) is 11.8 Å². The fraction of sp³-hybridized carbons (Fsp3) is 0.846. The van der Waals surface area contributed by atoms with Crippen LogP contribution < -0.4 is 10.6 Å². The molecule has 0 aromatic heterocycles. The lowest BCUT2D eigenvalue weighted by atomic mass is 9.99. The maximum absolute atomic E-state index is 11.4. The minimum absolute atomic E-state index is 0.0240. The van der Waals surface area contributed by atoms with Gasteiger partial charge in [-0.2, -0.15) is 0 Å². The predicted molar refractivity (Wildman–Crippen MR) is 76.9 cm³/mol. The van der Waals surface area contributed by atoms with Crippen molar-refractivity contribution >= 4 is 23.2 Å². The largest absolute Gasteiger partial charge is 0.362 e. The normalized spacial score (nSPS) is 12.3. The Balaban J connectivity index is 3.84. The standard InChI is InChI=1S/C13H26N2OS/c1-5-7-8-11(6-2)9-14-13(17)15-12(16)10(3)4/h10-11H,5-9H2,1-4H3,(H2,14,15,16,17). The van der Waals surface area contributed by atoms with Crippen molar-refractivity contribution in [1.82, 2.24) is 10.6 Å². The molecule has 0 aromatic carbocycles. The lowest BCUT2D eigenvalue weighted by Gasteiger charge is -2.17. The minimum atomic E-state index is -0.0307. The number of unbranched alkanes of at least 4 members (excludes halogenated alkanes) is 1. The second-order valence-electron chi connectivity index (χ2n) is 4.77. The van der Waals surface area contributed by atoms with Crippen molar-refractivity contribution in [1.29, 1.82) is 0 Å². The molecule has 0 aliphatic heterocycles. The van der Waals surface area contributed by atoms with Crippen LogP contribution in [0.1, 0.15) is 53.4 Å². The maximum Gasteiger partial charge on any atom is 0.228 e. The second-order valence-corrected chi connectivity index (χ2v) is 5.18. The molecule has 0 aromatic rings. The third-order valence-electron chi connectivity index (χ3n) is 2.86. The van der Waals surface area contributed by atoms with Crippen LogP contribution in [-0.4, -0.2) is 17.6 Å². The molecule has 0 radical (unpaired) electrons. The Morgan fingerprint density at radius 3 is 2.41 bits per heavy atom. The fourth-order valence-corrected chi connectivity index (χ4v) is 1.66. The van der Waals surface area contributed by atoms with Gasteiger partial charge in [0.25, 0.3) is 0 Å². The van der Waals surface area contributed by atoms with Crippen LogP contribution in [0.2, 0.25) is 0 Å². The van der Waals surface area contributed by atoms with Crippen molar-refractivity contribution in [3.8, 4) is 0 Å². The summed E-state index contributed by atoms with van der Waals surface area (Å²) in [5.74, 6) is 0.588. The first kappa shape index (κ1) is 16.4. The molecule has 4 heteroatoms. The molecule has 17 heavy (non-hydrogen) atoms. The average molecular weight is 258 g/mol. The zero-order valence-electron chi connectivity index (χ0n) is 11.5. The lowest BCUT2D eigenvalue weighted by Crippen LogP contribution is -2.42. The SMILES string of the molecule is CCCCC(CC)CNC(=S)NC(=O)C(C)C. The number of carbonyl (C=O) groups excluding carboxylic acids is 1. The lowest BCUT2D eigenvalue weighted by molar-refractivity contribution is -0.122. The van der Waals surface area contributed by atoms with E-state index in [4.69, 9.17) is 12.2 Å². The Morgan fingerprint density at radius 2 is 1.94 bits per heavy atom. The Morgan fingerprint density at radius 1 is 1.29 bits per heavy atom. The summed E-state index contributed by atoms with van der Waals surface area (Å²) in [6.45, 7) is 8.96. The highest BCUT2D eigenvalue weighted by atomic mass is 32.1. The zero-order chi connectivity index (χ0) is 13.3. The summed E-state index contributed by atoms with van der Waals surface area (Å²) in [7, 11) is 0. The zero-order valence-corrected chi connectivity index (χ0v) is 12.3. The van der Waals surface area contributed by atoms with E-state index in [2.05, 4.69) is 24.5 Å². The summed E-state index contributed by atoms with van der Waals surface area (Å²) in [6, 6.07) is 0. The van der Waals surface area contributed by atoms with Gasteiger partial charge in [0.1, 0.15) is 0 Å². The van der Waals surface area contributed by atoms with Crippen LogP contribution in [0.5, 0.6) is 0 Å². The molecular formula is C13H26N2OS. The third-order valence-corrected chi connectivity index (χ3v) is 3.10. The minimum Gasteiger partial charge on any atom is -0.362 e. The third kappa shape index (κ3) is 8.13. The molecule has 1 atom stereocenters. The van der Waals surface area contributed by atoms with Gasteiger partial charge < -0.3 is 10.6 Å². The average Bonchev–Trinajstić information content (AvgIpc) is 2.29. The number of nitrogens with one attached hydrogen (secondary N) is 2. The first-order valence-electron chi connectivity index (χ1n) is 6.59. The van der Waals surface area contributed by atoms with Gasteiger partial charge in [-0.15, -0.1) is 0 Å². The summed E-state index contributed by atoms with van der Waals surface area (Å²) in [4.78, 5) is 11.4. The molecule has 1 amide bonds. The van der Waals surface area contributed by atoms with E-state index in [1.807, 2.05) is 13.8 Å². The van der Waals surface area contributed by atoms with Gasteiger partial charge in [0.05, 0.1) is 0 Å². The van der Waals surface area contributed by atoms with Gasteiger partial charge in [-0.1, -0.05) is 47.0 Å². The van der Waals surface area contributed by atoms with E-state index in [9.17, 15) is 4.79 Å². The molecule has 3 nitrogen and oxygen atoms in total. The van der Waals surface area contributed by atoms with E-state index in [0.29, 0.717) is 11.0 Å². The number of hydrogen-bond acceptors (Lipinski definition) is 2. The topological polar surface area (TPSA) is 41.1 Å². The summed E-state index contributed by atoms with van der Waals surface area (Å²) in [5.41, 5.74) is 0. The van der Waals surface area contributed by atoms with Crippen LogP contribution >= 0.6 is 12.2 Å². The van der Waals surface area contributed by atoms with E-state index in [1.165, 1.54) is 19.3 Å². The predicted octanol–water partition coefficient (Wildman–Crippen LogP) is 2.85. The van der Waals surface area contributed by atoms with Crippen molar-refractivity contribution in [2.75, 3.05) is 6.54 Å². The number of rotatable bonds is 7. The molecule has 0 fully saturated rings. The second kappa shape index (κ2) is 9.40. The summed E-state index contributed by atoms with van der Waals surface area (Å²) in [5, 5.41) is 6.28. The van der Waals surface area contributed by atoms with Gasteiger partial charge in [-0.05, 0) is 24.6 Å². The van der Waals surface area contributed by atoms with Crippen LogP contribution in [-0.2, 0) is 4.79 Å². The molecule has 0 bridgehead atoms. The Hall–Kier alpha value is -0.640. The molecule has 0 saturated heterocycles. The van der Waals surface area contributed by atoms with Crippen LogP contribution in [0, 0.1) is 11.8 Å². The molecule has 0 aliphatic carbocycles. The van der Waals surface area contributed by atoms with Gasteiger partial charge in [0.15, 0.2) is 5.11 Å². The Labute approximate surface area is 111 Å². The maximum atomic E-state index is 11.4. The van der Waals surface area contributed by atoms with Gasteiger partial charge in [0, 0.05) is 12.5 Å². The van der Waals surface area contributed by atoms with Crippen LogP contribution in [0.4, 0.5) is 0 Å². The van der Waals surface area contributed by atoms with Gasteiger partial charge >= 0.3 is 0 Å². The van der Waals surface area contributed by atoms with Crippen LogP contribution in [0.15, 0.2) is 0 Å². The van der Waals surface area contributed by atoms with Crippen molar-refractivity contribution in [2.45, 2.75) is 53.4 Å². The van der Waals surface area contributed by atoms with Crippen LogP contribution in [0.25, 0.3) is 0 Å². The van der Waals surface area contributed by atoms with Crippen molar-refractivity contribution < 1.29 is 4.79 Å². The van der Waals surface area contributed by atoms with E-state index >= 15 is 0 Å². The van der Waals surface area contributed by atoms with Crippen molar-refractivity contribution in [2.24, 2.45) is 11.8 Å². The Kier molecular flexibility index (Phi) is 9.04. The first-order valence-corrected chi connectivity index (χ1v) is 7.00. The molecule has 0 saturated carbocycles. The van der Waals surface area contributed by atoms with Gasteiger partial charge in [0.2, 0.25) is 5.91 Å². The highest BCUT2D eigenvalue weighted by Crippen LogP contribution is 2.10. The van der Waals surface area contributed by atoms with Crippen LogP contribution in [0.3, 0.4) is 0 Å². The molecule has 2 N–H and O–H groups in total. The summed E-state index contributed by atoms with van der Waals surface area (Å²) >= 11 is 5.09. The van der Waals surface area contributed by atoms with Gasteiger partial charge in [-0.25, -0.2) is 0 Å². The molecule has 0 heterocycles. The quantitative estimate of drug-likeness (QED) is 0.690. The summed E-state index contributed by atoms with van der Waals surface area (Å²) in [6.07, 6.45) is 4.85. The number of hydrogen-bond donors (Lipinski definition) is 2. The first-order chi connectivity index (χ1) is 8.01. The Bertz CT molecular complexity index is 242. The van der Waals surface area contributed by atoms with E-state index < -0.39 is 0 Å².